The predicted octanol–water partition coefficient (Wildman–Crippen LogP) is 4.75. The number of carbonyl (C=O) groups excluding carboxylic acids is 1. The number of thiophene rings is 1. The third-order valence-electron chi connectivity index (χ3n) is 5.67. The minimum atomic E-state index is -0.154. The SMILES string of the molecule is COc1ccccc1Cn1c(=O)c2ccccc2n2c(SCC(=O)c3cc(C)sc3C)nnc12. The summed E-state index contributed by atoms with van der Waals surface area (Å²) in [7, 11) is 1.61. The van der Waals surface area contributed by atoms with Gasteiger partial charge in [0.2, 0.25) is 5.78 Å². The van der Waals surface area contributed by atoms with Crippen LogP contribution in [-0.4, -0.2) is 37.8 Å². The van der Waals surface area contributed by atoms with Gasteiger partial charge < -0.3 is 4.74 Å². The number of rotatable bonds is 7. The first-order valence-corrected chi connectivity index (χ1v) is 12.5. The highest BCUT2D eigenvalue weighted by Gasteiger charge is 2.20. The molecule has 9 heteroatoms. The summed E-state index contributed by atoms with van der Waals surface area (Å²) in [6.07, 6.45) is 0. The molecule has 2 aromatic carbocycles. The van der Waals surface area contributed by atoms with Crippen LogP contribution in [0.3, 0.4) is 0 Å². The van der Waals surface area contributed by atoms with Crippen molar-refractivity contribution in [2.45, 2.75) is 25.5 Å². The van der Waals surface area contributed by atoms with E-state index in [2.05, 4.69) is 10.2 Å². The summed E-state index contributed by atoms with van der Waals surface area (Å²) in [5.41, 5.74) is 2.17. The fraction of sp³-hybridized carbons (Fsp3) is 0.200. The highest BCUT2D eigenvalue weighted by molar-refractivity contribution is 7.99. The second-order valence-corrected chi connectivity index (χ2v) is 10.3. The average molecular weight is 491 g/mol. The van der Waals surface area contributed by atoms with Crippen LogP contribution >= 0.6 is 23.1 Å². The number of para-hydroxylation sites is 2. The van der Waals surface area contributed by atoms with Crippen LogP contribution in [0.4, 0.5) is 0 Å². The molecule has 0 aliphatic rings. The second-order valence-electron chi connectivity index (χ2n) is 7.88. The molecule has 0 saturated carbocycles. The number of nitrogens with zero attached hydrogens (tertiary/aromatic N) is 4. The molecule has 5 aromatic rings. The Kier molecular flexibility index (Phi) is 5.97. The van der Waals surface area contributed by atoms with Crippen LogP contribution < -0.4 is 10.3 Å². The highest BCUT2D eigenvalue weighted by Crippen LogP contribution is 2.26. The third kappa shape index (κ3) is 3.91. The van der Waals surface area contributed by atoms with E-state index in [-0.39, 0.29) is 23.6 Å². The van der Waals surface area contributed by atoms with Crippen molar-refractivity contribution in [3.63, 3.8) is 0 Å². The van der Waals surface area contributed by atoms with E-state index in [1.54, 1.807) is 29.1 Å². The van der Waals surface area contributed by atoms with Crippen LogP contribution in [0.15, 0.2) is 64.5 Å². The van der Waals surface area contributed by atoms with Crippen LogP contribution in [-0.2, 0) is 6.54 Å². The molecule has 0 aliphatic carbocycles. The summed E-state index contributed by atoms with van der Waals surface area (Å²) < 4.78 is 8.94. The number of carbonyl (C=O) groups is 1. The van der Waals surface area contributed by atoms with Crippen LogP contribution in [0.2, 0.25) is 0 Å². The molecule has 3 aromatic heterocycles. The van der Waals surface area contributed by atoms with Crippen molar-refractivity contribution in [1.29, 1.82) is 0 Å². The number of ether oxygens (including phenoxy) is 1. The zero-order chi connectivity index (χ0) is 23.8. The first kappa shape index (κ1) is 22.4. The van der Waals surface area contributed by atoms with Gasteiger partial charge in [0.1, 0.15) is 5.75 Å². The molecule has 0 unspecified atom stereocenters. The number of hydrogen-bond acceptors (Lipinski definition) is 7. The van der Waals surface area contributed by atoms with E-state index in [1.165, 1.54) is 11.8 Å². The molecular formula is C25H22N4O3S2. The lowest BCUT2D eigenvalue weighted by Crippen LogP contribution is -2.24. The normalized spacial score (nSPS) is 11.4. The van der Waals surface area contributed by atoms with Gasteiger partial charge in [0, 0.05) is 20.9 Å². The number of hydrogen-bond donors (Lipinski definition) is 0. The molecule has 0 spiro atoms. The summed E-state index contributed by atoms with van der Waals surface area (Å²) >= 11 is 2.95. The molecule has 0 bridgehead atoms. The van der Waals surface area contributed by atoms with Gasteiger partial charge in [-0.15, -0.1) is 21.5 Å². The molecular weight excluding hydrogens is 468 g/mol. The van der Waals surface area contributed by atoms with Gasteiger partial charge in [-0.25, -0.2) is 0 Å². The van der Waals surface area contributed by atoms with Gasteiger partial charge in [-0.1, -0.05) is 42.1 Å². The maximum atomic E-state index is 13.4. The summed E-state index contributed by atoms with van der Waals surface area (Å²) in [6.45, 7) is 4.25. The van der Waals surface area contributed by atoms with E-state index in [0.717, 1.165) is 20.9 Å². The van der Waals surface area contributed by atoms with E-state index < -0.39 is 0 Å². The third-order valence-corrected chi connectivity index (χ3v) is 7.57. The van der Waals surface area contributed by atoms with Crippen molar-refractivity contribution in [3.05, 3.63) is 85.8 Å². The molecule has 0 fully saturated rings. The Labute approximate surface area is 204 Å². The highest BCUT2D eigenvalue weighted by atomic mass is 32.2. The first-order valence-electron chi connectivity index (χ1n) is 10.7. The van der Waals surface area contributed by atoms with Crippen molar-refractivity contribution < 1.29 is 9.53 Å². The van der Waals surface area contributed by atoms with E-state index in [4.69, 9.17) is 4.74 Å². The van der Waals surface area contributed by atoms with Gasteiger partial charge in [-0.3, -0.25) is 18.6 Å². The Bertz CT molecular complexity index is 1600. The fourth-order valence-electron chi connectivity index (χ4n) is 4.09. The molecule has 0 saturated heterocycles. The molecule has 5 rings (SSSR count). The Morgan fingerprint density at radius 1 is 1.09 bits per heavy atom. The lowest BCUT2D eigenvalue weighted by atomic mass is 10.2. The number of aryl methyl sites for hydroxylation is 2. The fourth-order valence-corrected chi connectivity index (χ4v) is 5.85. The van der Waals surface area contributed by atoms with Crippen molar-refractivity contribution in [2.24, 2.45) is 0 Å². The molecule has 0 radical (unpaired) electrons. The van der Waals surface area contributed by atoms with Gasteiger partial charge >= 0.3 is 0 Å². The predicted molar refractivity (Wildman–Crippen MR) is 136 cm³/mol. The lowest BCUT2D eigenvalue weighted by molar-refractivity contribution is 0.102. The molecule has 0 aliphatic heterocycles. The topological polar surface area (TPSA) is 78.5 Å². The summed E-state index contributed by atoms with van der Waals surface area (Å²) in [4.78, 5) is 28.4. The Morgan fingerprint density at radius 3 is 2.62 bits per heavy atom. The Morgan fingerprint density at radius 2 is 1.85 bits per heavy atom. The summed E-state index contributed by atoms with van der Waals surface area (Å²) in [6, 6.07) is 16.9. The Hall–Kier alpha value is -3.43. The van der Waals surface area contributed by atoms with Crippen LogP contribution in [0.1, 0.15) is 25.7 Å². The maximum Gasteiger partial charge on any atom is 0.263 e. The van der Waals surface area contributed by atoms with Crippen molar-refractivity contribution in [3.8, 4) is 5.75 Å². The van der Waals surface area contributed by atoms with Gasteiger partial charge in [-0.05, 0) is 38.1 Å². The van der Waals surface area contributed by atoms with Crippen LogP contribution in [0.25, 0.3) is 16.7 Å². The Balaban J connectivity index is 1.59. The second kappa shape index (κ2) is 9.08. The van der Waals surface area contributed by atoms with Crippen molar-refractivity contribution >= 4 is 45.6 Å². The summed E-state index contributed by atoms with van der Waals surface area (Å²) in [5, 5.41) is 9.84. The van der Waals surface area contributed by atoms with E-state index in [0.29, 0.717) is 27.6 Å². The standard InChI is InChI=1S/C25H22N4O3S2/c1-15-12-19(16(2)34-15)21(30)14-33-25-27-26-24-28(13-17-8-4-7-11-22(17)32-3)23(31)18-9-5-6-10-20(18)29(24)25/h4-12H,13-14H2,1-3H3. The van der Waals surface area contributed by atoms with Gasteiger partial charge in [0.25, 0.3) is 5.56 Å². The lowest BCUT2D eigenvalue weighted by Gasteiger charge is -2.13. The van der Waals surface area contributed by atoms with E-state index in [9.17, 15) is 9.59 Å². The number of thioether (sulfide) groups is 1. The minimum absolute atomic E-state index is 0.0512. The van der Waals surface area contributed by atoms with Crippen molar-refractivity contribution in [1.82, 2.24) is 19.2 Å². The zero-order valence-electron chi connectivity index (χ0n) is 18.9. The molecule has 34 heavy (non-hydrogen) atoms. The first-order chi connectivity index (χ1) is 16.5. The largest absolute Gasteiger partial charge is 0.496 e. The number of methoxy groups -OCH3 is 1. The van der Waals surface area contributed by atoms with Crippen LogP contribution in [0.5, 0.6) is 5.75 Å². The van der Waals surface area contributed by atoms with Gasteiger partial charge in [-0.2, -0.15) is 0 Å². The summed E-state index contributed by atoms with van der Waals surface area (Å²) in [5.74, 6) is 1.40. The van der Waals surface area contributed by atoms with Crippen molar-refractivity contribution in [2.75, 3.05) is 12.9 Å². The van der Waals surface area contributed by atoms with E-state index in [1.807, 2.05) is 66.8 Å². The molecule has 0 amide bonds. The molecule has 7 nitrogen and oxygen atoms in total. The van der Waals surface area contributed by atoms with E-state index >= 15 is 0 Å². The van der Waals surface area contributed by atoms with Gasteiger partial charge in [0.05, 0.1) is 30.3 Å². The maximum absolute atomic E-state index is 13.4. The minimum Gasteiger partial charge on any atom is -0.496 e. The van der Waals surface area contributed by atoms with Crippen LogP contribution in [0, 0.1) is 13.8 Å². The number of benzene rings is 2. The molecule has 172 valence electrons. The van der Waals surface area contributed by atoms with Gasteiger partial charge in [0.15, 0.2) is 10.9 Å². The number of Topliss-reactive ketones (excluding diaryl/α,β-unsaturated/α-hetero) is 1. The monoisotopic (exact) mass is 490 g/mol. The quantitative estimate of drug-likeness (QED) is 0.242. The molecule has 0 N–H and O–H groups in total. The molecule has 0 atom stereocenters. The zero-order valence-corrected chi connectivity index (χ0v) is 20.6. The number of fused-ring (bicyclic) bond motifs is 3. The molecule has 3 heterocycles. The number of ketones is 1. The average Bonchev–Trinajstić information content (AvgIpc) is 3.42. The number of aromatic nitrogens is 4. The smallest absolute Gasteiger partial charge is 0.263 e.